The number of guanidine groups is 1. The summed E-state index contributed by atoms with van der Waals surface area (Å²) in [5, 5.41) is 7.86. The van der Waals surface area contributed by atoms with Gasteiger partial charge in [0.25, 0.3) is 0 Å². The monoisotopic (exact) mass is 432 g/mol. The summed E-state index contributed by atoms with van der Waals surface area (Å²) in [6.07, 6.45) is 3.85. The Morgan fingerprint density at radius 2 is 2.00 bits per heavy atom. The van der Waals surface area contributed by atoms with Gasteiger partial charge in [-0.3, -0.25) is 9.89 Å². The molecule has 0 atom stereocenters. The van der Waals surface area contributed by atoms with Crippen molar-refractivity contribution in [3.63, 3.8) is 0 Å². The number of aliphatic imine (C=N–C) groups is 1. The molecule has 0 radical (unpaired) electrons. The molecule has 1 aromatic heterocycles. The van der Waals surface area contributed by atoms with Crippen LogP contribution in [0.2, 0.25) is 0 Å². The molecule has 0 spiro atoms. The van der Waals surface area contributed by atoms with Gasteiger partial charge < -0.3 is 15.5 Å². The van der Waals surface area contributed by atoms with E-state index < -0.39 is 0 Å². The molecule has 0 unspecified atom stereocenters. The lowest BCUT2D eigenvalue weighted by Gasteiger charge is -2.36. The van der Waals surface area contributed by atoms with Crippen LogP contribution in [0, 0.1) is 12.7 Å². The van der Waals surface area contributed by atoms with Crippen LogP contribution in [0.25, 0.3) is 0 Å². The van der Waals surface area contributed by atoms with Crippen LogP contribution in [0.4, 0.5) is 10.1 Å². The number of aromatic nitrogens is 1. The Hall–Kier alpha value is -2.19. The minimum absolute atomic E-state index is 0.131. The van der Waals surface area contributed by atoms with Crippen molar-refractivity contribution in [3.05, 3.63) is 46.2 Å². The third-order valence-corrected chi connectivity index (χ3v) is 6.09. The van der Waals surface area contributed by atoms with Crippen LogP contribution >= 0.6 is 11.3 Å². The van der Waals surface area contributed by atoms with Gasteiger partial charge in [0.1, 0.15) is 5.82 Å². The second kappa shape index (κ2) is 11.9. The lowest BCUT2D eigenvalue weighted by atomic mass is 10.2. The van der Waals surface area contributed by atoms with E-state index in [-0.39, 0.29) is 5.82 Å². The molecule has 164 valence electrons. The van der Waals surface area contributed by atoms with Gasteiger partial charge in [0.15, 0.2) is 5.96 Å². The average molecular weight is 433 g/mol. The normalized spacial score (nSPS) is 15.4. The lowest BCUT2D eigenvalue weighted by molar-refractivity contribution is 0.256. The largest absolute Gasteiger partial charge is 0.367 e. The summed E-state index contributed by atoms with van der Waals surface area (Å²) in [6.45, 7) is 11.3. The third kappa shape index (κ3) is 6.95. The number of para-hydroxylation sites is 1. The Morgan fingerprint density at radius 3 is 2.70 bits per heavy atom. The maximum Gasteiger partial charge on any atom is 0.191 e. The number of hydrogen-bond acceptors (Lipinski definition) is 5. The Bertz CT molecular complexity index is 800. The van der Waals surface area contributed by atoms with E-state index in [9.17, 15) is 4.39 Å². The van der Waals surface area contributed by atoms with E-state index in [2.05, 4.69) is 39.3 Å². The van der Waals surface area contributed by atoms with E-state index in [1.165, 1.54) is 10.9 Å². The fourth-order valence-electron chi connectivity index (χ4n) is 3.55. The molecule has 1 aromatic carbocycles. The first-order chi connectivity index (χ1) is 14.7. The molecule has 6 nitrogen and oxygen atoms in total. The fourth-order valence-corrected chi connectivity index (χ4v) is 4.34. The van der Waals surface area contributed by atoms with Crippen LogP contribution in [0.3, 0.4) is 0 Å². The van der Waals surface area contributed by atoms with Crippen molar-refractivity contribution in [1.82, 2.24) is 20.5 Å². The van der Waals surface area contributed by atoms with Gasteiger partial charge in [0.05, 0.1) is 10.7 Å². The van der Waals surface area contributed by atoms with Gasteiger partial charge in [0.2, 0.25) is 0 Å². The number of anilines is 1. The van der Waals surface area contributed by atoms with Crippen LogP contribution in [-0.4, -0.2) is 68.2 Å². The lowest BCUT2D eigenvalue weighted by Crippen LogP contribution is -2.47. The minimum Gasteiger partial charge on any atom is -0.367 e. The number of aryl methyl sites for hydroxylation is 1. The van der Waals surface area contributed by atoms with Crippen molar-refractivity contribution in [2.45, 2.75) is 26.7 Å². The summed E-state index contributed by atoms with van der Waals surface area (Å²) in [7, 11) is 0. The SMILES string of the molecule is CCNC(=NCCCN1CCN(c2ccccc2F)CC1)NCCc1ncc(C)s1. The summed E-state index contributed by atoms with van der Waals surface area (Å²) >= 11 is 1.75. The predicted molar refractivity (Wildman–Crippen MR) is 124 cm³/mol. The molecule has 2 aromatic rings. The number of halogens is 1. The second-order valence-corrected chi connectivity index (χ2v) is 8.76. The minimum atomic E-state index is -0.131. The molecule has 0 aliphatic carbocycles. The zero-order chi connectivity index (χ0) is 21.2. The number of nitrogens with one attached hydrogen (secondary N) is 2. The van der Waals surface area contributed by atoms with Crippen LogP contribution in [0.1, 0.15) is 23.2 Å². The van der Waals surface area contributed by atoms with E-state index >= 15 is 0 Å². The number of hydrogen-bond donors (Lipinski definition) is 2. The quantitative estimate of drug-likeness (QED) is 0.363. The van der Waals surface area contributed by atoms with Gasteiger partial charge in [-0.15, -0.1) is 11.3 Å². The molecule has 0 amide bonds. The smallest absolute Gasteiger partial charge is 0.191 e. The van der Waals surface area contributed by atoms with E-state index in [0.717, 1.165) is 81.9 Å². The summed E-state index contributed by atoms with van der Waals surface area (Å²) in [6, 6.07) is 7.04. The highest BCUT2D eigenvalue weighted by molar-refractivity contribution is 7.11. The molecule has 1 fully saturated rings. The van der Waals surface area contributed by atoms with Crippen LogP contribution in [0.5, 0.6) is 0 Å². The molecule has 2 N–H and O–H groups in total. The zero-order valence-electron chi connectivity index (χ0n) is 18.0. The number of benzene rings is 1. The molecule has 0 saturated carbocycles. The van der Waals surface area contributed by atoms with Gasteiger partial charge in [-0.2, -0.15) is 0 Å². The molecule has 3 rings (SSSR count). The average Bonchev–Trinajstić information content (AvgIpc) is 3.17. The van der Waals surface area contributed by atoms with Crippen molar-refractivity contribution in [2.75, 3.05) is 57.3 Å². The summed E-state index contributed by atoms with van der Waals surface area (Å²) in [4.78, 5) is 14.9. The number of rotatable bonds is 9. The maximum atomic E-state index is 14.0. The van der Waals surface area contributed by atoms with E-state index in [1.807, 2.05) is 18.3 Å². The van der Waals surface area contributed by atoms with Crippen molar-refractivity contribution < 1.29 is 4.39 Å². The molecular weight excluding hydrogens is 399 g/mol. The molecule has 0 bridgehead atoms. The van der Waals surface area contributed by atoms with Gasteiger partial charge in [-0.1, -0.05) is 12.1 Å². The van der Waals surface area contributed by atoms with E-state index in [1.54, 1.807) is 17.4 Å². The molecule has 2 heterocycles. The highest BCUT2D eigenvalue weighted by atomic mass is 32.1. The number of piperazine rings is 1. The van der Waals surface area contributed by atoms with Gasteiger partial charge in [0, 0.05) is 69.9 Å². The first kappa shape index (κ1) is 22.5. The topological polar surface area (TPSA) is 55.8 Å². The fraction of sp³-hybridized carbons (Fsp3) is 0.545. The van der Waals surface area contributed by atoms with Gasteiger partial charge in [-0.05, 0) is 32.4 Å². The maximum absolute atomic E-state index is 14.0. The first-order valence-electron chi connectivity index (χ1n) is 10.8. The van der Waals surface area contributed by atoms with Crippen molar-refractivity contribution >= 4 is 23.0 Å². The molecule has 1 aliphatic heterocycles. The molecule has 1 aliphatic rings. The highest BCUT2D eigenvalue weighted by Gasteiger charge is 2.18. The standard InChI is InChI=1S/C22H33FN6S/c1-3-24-22(26-11-9-21-27-17-18(2)30-21)25-10-6-12-28-13-15-29(16-14-28)20-8-5-4-7-19(20)23/h4-5,7-8,17H,3,6,9-16H2,1-2H3,(H2,24,25,26). The van der Waals surface area contributed by atoms with Crippen LogP contribution in [-0.2, 0) is 6.42 Å². The Balaban J connectivity index is 1.35. The van der Waals surface area contributed by atoms with Crippen LogP contribution in [0.15, 0.2) is 35.5 Å². The second-order valence-electron chi connectivity index (χ2n) is 7.44. The summed E-state index contributed by atoms with van der Waals surface area (Å²) in [5.74, 6) is 0.740. The first-order valence-corrected chi connectivity index (χ1v) is 11.6. The van der Waals surface area contributed by atoms with Gasteiger partial charge in [-0.25, -0.2) is 9.37 Å². The molecule has 1 saturated heterocycles. The number of thiazole rings is 1. The predicted octanol–water partition coefficient (Wildman–Crippen LogP) is 2.90. The van der Waals surface area contributed by atoms with E-state index in [0.29, 0.717) is 0 Å². The molecule has 8 heteroatoms. The van der Waals surface area contributed by atoms with Crippen molar-refractivity contribution in [3.8, 4) is 0 Å². The highest BCUT2D eigenvalue weighted by Crippen LogP contribution is 2.20. The van der Waals surface area contributed by atoms with Gasteiger partial charge >= 0.3 is 0 Å². The van der Waals surface area contributed by atoms with Crippen molar-refractivity contribution in [2.24, 2.45) is 4.99 Å². The summed E-state index contributed by atoms with van der Waals surface area (Å²) in [5.41, 5.74) is 0.719. The third-order valence-electron chi connectivity index (χ3n) is 5.11. The Morgan fingerprint density at radius 1 is 1.20 bits per heavy atom. The molecular formula is C22H33FN6S. The summed E-state index contributed by atoms with van der Waals surface area (Å²) < 4.78 is 14.0. The van der Waals surface area contributed by atoms with Crippen molar-refractivity contribution in [1.29, 1.82) is 0 Å². The Labute approximate surface area is 183 Å². The molecule has 30 heavy (non-hydrogen) atoms. The van der Waals surface area contributed by atoms with Crippen LogP contribution < -0.4 is 15.5 Å². The van der Waals surface area contributed by atoms with E-state index in [4.69, 9.17) is 4.99 Å². The number of nitrogens with zero attached hydrogens (tertiary/aromatic N) is 4. The zero-order valence-corrected chi connectivity index (χ0v) is 18.8. The Kier molecular flexibility index (Phi) is 8.89.